The minimum absolute atomic E-state index is 0.480. The smallest absolute Gasteiger partial charge is 0.193 e. The van der Waals surface area contributed by atoms with E-state index >= 15 is 0 Å². The SMILES string of the molecule is CN=C(NCC(C)Sc1ccccc1)N(C)CCOCC1CC1. The van der Waals surface area contributed by atoms with E-state index in [9.17, 15) is 0 Å². The fraction of sp³-hybridized carbons (Fsp3) is 0.611. The van der Waals surface area contributed by atoms with E-state index in [1.807, 2.05) is 18.8 Å². The van der Waals surface area contributed by atoms with Gasteiger partial charge in [0.2, 0.25) is 0 Å². The summed E-state index contributed by atoms with van der Waals surface area (Å²) in [5, 5.41) is 3.93. The highest BCUT2D eigenvalue weighted by Gasteiger charge is 2.21. The molecule has 5 heteroatoms. The summed E-state index contributed by atoms with van der Waals surface area (Å²) in [7, 11) is 3.89. The summed E-state index contributed by atoms with van der Waals surface area (Å²) >= 11 is 1.88. The van der Waals surface area contributed by atoms with Gasteiger partial charge in [0.25, 0.3) is 0 Å². The van der Waals surface area contributed by atoms with Crippen LogP contribution in [0.2, 0.25) is 0 Å². The monoisotopic (exact) mass is 335 g/mol. The number of benzene rings is 1. The fourth-order valence-electron chi connectivity index (χ4n) is 2.23. The van der Waals surface area contributed by atoms with Crippen LogP contribution in [0.15, 0.2) is 40.2 Å². The van der Waals surface area contributed by atoms with Gasteiger partial charge in [-0.15, -0.1) is 11.8 Å². The second-order valence-corrected chi connectivity index (χ2v) is 7.62. The summed E-state index contributed by atoms with van der Waals surface area (Å²) in [6.07, 6.45) is 2.69. The molecule has 2 rings (SSSR count). The highest BCUT2D eigenvalue weighted by molar-refractivity contribution is 8.00. The van der Waals surface area contributed by atoms with Crippen LogP contribution in [0.5, 0.6) is 0 Å². The van der Waals surface area contributed by atoms with E-state index in [0.29, 0.717) is 5.25 Å². The van der Waals surface area contributed by atoms with Gasteiger partial charge in [-0.25, -0.2) is 0 Å². The van der Waals surface area contributed by atoms with Gasteiger partial charge in [-0.05, 0) is 30.9 Å². The van der Waals surface area contributed by atoms with Gasteiger partial charge in [0, 0.05) is 43.9 Å². The minimum Gasteiger partial charge on any atom is -0.379 e. The van der Waals surface area contributed by atoms with Gasteiger partial charge in [0.1, 0.15) is 0 Å². The Kier molecular flexibility index (Phi) is 7.76. The van der Waals surface area contributed by atoms with E-state index in [1.54, 1.807) is 0 Å². The van der Waals surface area contributed by atoms with Crippen LogP contribution in [0.3, 0.4) is 0 Å². The molecule has 1 fully saturated rings. The van der Waals surface area contributed by atoms with Crippen molar-refractivity contribution in [1.29, 1.82) is 0 Å². The lowest BCUT2D eigenvalue weighted by molar-refractivity contribution is 0.115. The van der Waals surface area contributed by atoms with E-state index in [-0.39, 0.29) is 0 Å². The zero-order valence-electron chi connectivity index (χ0n) is 14.5. The van der Waals surface area contributed by atoms with Gasteiger partial charge in [-0.1, -0.05) is 25.1 Å². The number of nitrogens with one attached hydrogen (secondary N) is 1. The second kappa shape index (κ2) is 9.83. The average Bonchev–Trinajstić information content (AvgIpc) is 3.37. The first kappa shape index (κ1) is 18.1. The molecule has 1 aromatic carbocycles. The zero-order chi connectivity index (χ0) is 16.5. The van der Waals surface area contributed by atoms with Crippen LogP contribution in [-0.4, -0.2) is 56.5 Å². The van der Waals surface area contributed by atoms with Crippen molar-refractivity contribution < 1.29 is 4.74 Å². The first-order chi connectivity index (χ1) is 11.2. The Morgan fingerprint density at radius 2 is 2.13 bits per heavy atom. The van der Waals surface area contributed by atoms with Crippen LogP contribution in [0.4, 0.5) is 0 Å². The summed E-state index contributed by atoms with van der Waals surface area (Å²) in [6.45, 7) is 5.68. The molecule has 1 atom stereocenters. The molecule has 4 nitrogen and oxygen atoms in total. The standard InChI is InChI=1S/C18H29N3OS/c1-15(23-17-7-5-4-6-8-17)13-20-18(19-2)21(3)11-12-22-14-16-9-10-16/h4-8,15-16H,9-14H2,1-3H3,(H,19,20). The molecule has 23 heavy (non-hydrogen) atoms. The molecule has 0 bridgehead atoms. The molecule has 0 aromatic heterocycles. The summed E-state index contributed by atoms with van der Waals surface area (Å²) in [6, 6.07) is 10.5. The molecule has 0 heterocycles. The van der Waals surface area contributed by atoms with E-state index in [0.717, 1.165) is 38.2 Å². The van der Waals surface area contributed by atoms with Crippen molar-refractivity contribution in [2.45, 2.75) is 29.9 Å². The second-order valence-electron chi connectivity index (χ2n) is 6.11. The Labute approximate surface area is 144 Å². The van der Waals surface area contributed by atoms with Crippen LogP contribution >= 0.6 is 11.8 Å². The fourth-order valence-corrected chi connectivity index (χ4v) is 3.18. The molecule has 1 aliphatic carbocycles. The molecule has 0 amide bonds. The first-order valence-corrected chi connectivity index (χ1v) is 9.28. The largest absolute Gasteiger partial charge is 0.379 e. The predicted molar refractivity (Wildman–Crippen MR) is 99.3 cm³/mol. The Bertz CT molecular complexity index is 476. The molecule has 0 saturated heterocycles. The number of rotatable bonds is 9. The first-order valence-electron chi connectivity index (χ1n) is 8.40. The average molecular weight is 336 g/mol. The van der Waals surface area contributed by atoms with Gasteiger partial charge in [-0.2, -0.15) is 0 Å². The maximum Gasteiger partial charge on any atom is 0.193 e. The Hall–Kier alpha value is -1.20. The van der Waals surface area contributed by atoms with Gasteiger partial charge >= 0.3 is 0 Å². The van der Waals surface area contributed by atoms with Crippen LogP contribution in [0.25, 0.3) is 0 Å². The number of thioether (sulfide) groups is 1. The topological polar surface area (TPSA) is 36.9 Å². The molecule has 1 N–H and O–H groups in total. The molecule has 0 spiro atoms. The van der Waals surface area contributed by atoms with Crippen molar-refractivity contribution in [1.82, 2.24) is 10.2 Å². The predicted octanol–water partition coefficient (Wildman–Crippen LogP) is 3.10. The number of aliphatic imine (C=N–C) groups is 1. The van der Waals surface area contributed by atoms with Crippen molar-refractivity contribution in [2.24, 2.45) is 10.9 Å². The summed E-state index contributed by atoms with van der Waals surface area (Å²) < 4.78 is 5.70. The minimum atomic E-state index is 0.480. The third kappa shape index (κ3) is 7.27. The van der Waals surface area contributed by atoms with Gasteiger partial charge in [0.15, 0.2) is 5.96 Å². The Morgan fingerprint density at radius 1 is 1.39 bits per heavy atom. The molecule has 0 radical (unpaired) electrons. The molecule has 1 aromatic rings. The van der Waals surface area contributed by atoms with Crippen LogP contribution in [-0.2, 0) is 4.74 Å². The molecule has 1 unspecified atom stereocenters. The quantitative estimate of drug-likeness (QED) is 0.326. The number of ether oxygens (including phenoxy) is 1. The van der Waals surface area contributed by atoms with Crippen molar-refractivity contribution in [2.75, 3.05) is 40.4 Å². The highest BCUT2D eigenvalue weighted by Crippen LogP contribution is 2.28. The Morgan fingerprint density at radius 3 is 2.78 bits per heavy atom. The van der Waals surface area contributed by atoms with Crippen molar-refractivity contribution in [3.05, 3.63) is 30.3 Å². The Balaban J connectivity index is 1.64. The maximum atomic E-state index is 5.70. The summed E-state index contributed by atoms with van der Waals surface area (Å²) in [4.78, 5) is 7.80. The van der Waals surface area contributed by atoms with Crippen molar-refractivity contribution >= 4 is 17.7 Å². The van der Waals surface area contributed by atoms with Crippen molar-refractivity contribution in [3.63, 3.8) is 0 Å². The number of nitrogens with zero attached hydrogens (tertiary/aromatic N) is 2. The van der Waals surface area contributed by atoms with E-state index < -0.39 is 0 Å². The van der Waals surface area contributed by atoms with E-state index in [2.05, 4.69) is 59.5 Å². The lowest BCUT2D eigenvalue weighted by Crippen LogP contribution is -2.42. The van der Waals surface area contributed by atoms with E-state index in [4.69, 9.17) is 4.74 Å². The summed E-state index contributed by atoms with van der Waals surface area (Å²) in [5.74, 6) is 1.76. The van der Waals surface area contributed by atoms with Gasteiger partial charge in [0.05, 0.1) is 6.61 Å². The van der Waals surface area contributed by atoms with Crippen LogP contribution in [0.1, 0.15) is 19.8 Å². The molecular weight excluding hydrogens is 306 g/mol. The zero-order valence-corrected chi connectivity index (χ0v) is 15.3. The summed E-state index contributed by atoms with van der Waals surface area (Å²) in [5.41, 5.74) is 0. The molecular formula is C18H29N3OS. The molecule has 128 valence electrons. The highest BCUT2D eigenvalue weighted by atomic mass is 32.2. The number of guanidine groups is 1. The molecule has 0 aliphatic heterocycles. The van der Waals surface area contributed by atoms with Gasteiger partial charge in [-0.3, -0.25) is 4.99 Å². The van der Waals surface area contributed by atoms with E-state index in [1.165, 1.54) is 17.7 Å². The molecule has 1 saturated carbocycles. The maximum absolute atomic E-state index is 5.70. The van der Waals surface area contributed by atoms with Crippen molar-refractivity contribution in [3.8, 4) is 0 Å². The van der Waals surface area contributed by atoms with Crippen LogP contribution in [0, 0.1) is 5.92 Å². The normalized spacial score (nSPS) is 16.2. The third-order valence-electron chi connectivity index (χ3n) is 3.82. The lowest BCUT2D eigenvalue weighted by Gasteiger charge is -2.23. The third-order valence-corrected chi connectivity index (χ3v) is 4.94. The lowest BCUT2D eigenvalue weighted by atomic mass is 10.4. The van der Waals surface area contributed by atoms with Crippen LogP contribution < -0.4 is 5.32 Å². The number of hydrogen-bond acceptors (Lipinski definition) is 3. The number of likely N-dealkylation sites (N-methyl/N-ethyl adjacent to an activating group) is 1. The molecule has 1 aliphatic rings. The van der Waals surface area contributed by atoms with Gasteiger partial charge < -0.3 is 15.0 Å². The number of hydrogen-bond donors (Lipinski definition) is 1.